The van der Waals surface area contributed by atoms with Crippen molar-refractivity contribution in [3.8, 4) is 23.3 Å². The summed E-state index contributed by atoms with van der Waals surface area (Å²) in [6.07, 6.45) is 1.48. The Hall–Kier alpha value is -3.92. The second-order valence-corrected chi connectivity index (χ2v) is 7.81. The molecule has 33 heavy (non-hydrogen) atoms. The van der Waals surface area contributed by atoms with E-state index in [-0.39, 0.29) is 6.10 Å². The molecule has 6 nitrogen and oxygen atoms in total. The van der Waals surface area contributed by atoms with E-state index in [1.165, 1.54) is 0 Å². The van der Waals surface area contributed by atoms with Crippen LogP contribution in [0.3, 0.4) is 0 Å². The van der Waals surface area contributed by atoms with E-state index in [1.807, 2.05) is 73.7 Å². The Morgan fingerprint density at radius 1 is 1.06 bits per heavy atom. The highest BCUT2D eigenvalue weighted by molar-refractivity contribution is 5.91. The minimum atomic E-state index is -0.0846. The van der Waals surface area contributed by atoms with Gasteiger partial charge in [0.1, 0.15) is 29.7 Å². The molecule has 0 radical (unpaired) electrons. The first-order valence-corrected chi connectivity index (χ1v) is 10.9. The van der Waals surface area contributed by atoms with Crippen molar-refractivity contribution in [3.63, 3.8) is 0 Å². The molecule has 1 unspecified atom stereocenters. The summed E-state index contributed by atoms with van der Waals surface area (Å²) in [6, 6.07) is 21.7. The lowest BCUT2D eigenvalue weighted by Crippen LogP contribution is -2.37. The molecule has 1 atom stereocenters. The number of anilines is 2. The molecule has 1 fully saturated rings. The zero-order chi connectivity index (χ0) is 22.5. The van der Waals surface area contributed by atoms with Crippen LogP contribution in [0.4, 0.5) is 11.5 Å². The average molecular weight is 437 g/mol. The molecule has 1 saturated heterocycles. The highest BCUT2D eigenvalue weighted by Gasteiger charge is 2.10. The van der Waals surface area contributed by atoms with Crippen LogP contribution in [0.15, 0.2) is 73.1 Å². The molecule has 0 saturated carbocycles. The van der Waals surface area contributed by atoms with E-state index in [0.717, 1.165) is 58.1 Å². The lowest BCUT2D eigenvalue weighted by Gasteiger charge is -2.18. The third-order valence-corrected chi connectivity index (χ3v) is 5.35. The fourth-order valence-electron chi connectivity index (χ4n) is 3.65. The Kier molecular flexibility index (Phi) is 6.16. The summed E-state index contributed by atoms with van der Waals surface area (Å²) < 4.78 is 11.7. The fraction of sp³-hybridized carbons (Fsp3) is 0.185. The first-order valence-electron chi connectivity index (χ1n) is 10.9. The molecule has 6 heteroatoms. The predicted octanol–water partition coefficient (Wildman–Crippen LogP) is 4.81. The van der Waals surface area contributed by atoms with Gasteiger partial charge in [0.15, 0.2) is 0 Å². The maximum absolute atomic E-state index is 5.99. The van der Waals surface area contributed by atoms with E-state index < -0.39 is 0 Å². The molecule has 0 spiro atoms. The zero-order valence-corrected chi connectivity index (χ0v) is 18.3. The van der Waals surface area contributed by atoms with E-state index in [9.17, 15) is 0 Å². The predicted molar refractivity (Wildman–Crippen MR) is 130 cm³/mol. The molecule has 5 rings (SSSR count). The molecule has 0 aliphatic carbocycles. The molecule has 0 bridgehead atoms. The van der Waals surface area contributed by atoms with Crippen LogP contribution in [0.1, 0.15) is 11.1 Å². The van der Waals surface area contributed by atoms with Crippen LogP contribution in [-0.2, 0) is 4.74 Å². The van der Waals surface area contributed by atoms with Gasteiger partial charge in [0.25, 0.3) is 0 Å². The van der Waals surface area contributed by atoms with Crippen molar-refractivity contribution < 1.29 is 9.47 Å². The summed E-state index contributed by atoms with van der Waals surface area (Å²) in [5, 5.41) is 7.63. The van der Waals surface area contributed by atoms with Crippen LogP contribution in [-0.4, -0.2) is 35.8 Å². The van der Waals surface area contributed by atoms with E-state index in [0.29, 0.717) is 6.61 Å². The van der Waals surface area contributed by atoms with Gasteiger partial charge in [-0.15, -0.1) is 0 Å². The molecule has 1 aliphatic heterocycles. The second kappa shape index (κ2) is 9.70. The Labute approximate surface area is 193 Å². The van der Waals surface area contributed by atoms with Gasteiger partial charge in [-0.2, -0.15) is 0 Å². The molecule has 4 aromatic rings. The molecule has 1 aliphatic rings. The number of fused-ring (bicyclic) bond motifs is 1. The van der Waals surface area contributed by atoms with Crippen LogP contribution in [0.5, 0.6) is 11.5 Å². The number of aryl methyl sites for hydroxylation is 1. The summed E-state index contributed by atoms with van der Waals surface area (Å²) >= 11 is 0. The molecule has 2 N–H and O–H groups in total. The van der Waals surface area contributed by atoms with Crippen molar-refractivity contribution in [2.45, 2.75) is 13.0 Å². The smallest absolute Gasteiger partial charge is 0.141 e. The maximum atomic E-state index is 5.99. The van der Waals surface area contributed by atoms with Gasteiger partial charge in [-0.25, -0.2) is 9.97 Å². The van der Waals surface area contributed by atoms with Crippen LogP contribution in [0.25, 0.3) is 10.9 Å². The van der Waals surface area contributed by atoms with E-state index in [4.69, 9.17) is 9.47 Å². The van der Waals surface area contributed by atoms with Gasteiger partial charge in [0.2, 0.25) is 0 Å². The standard InChI is InChI=1S/C27H24N4O2/c1-19-15-21(9-12-26(19)33-22-5-3-2-4-6-22)31-27-24-16-20(8-11-25(24)29-18-30-27)7-10-23-17-28-13-14-32-23/h2-6,8-9,11-12,15-16,18,23,28H,13-14,17H2,1H3,(H,29,30,31). The van der Waals surface area contributed by atoms with Gasteiger partial charge in [0, 0.05) is 29.7 Å². The largest absolute Gasteiger partial charge is 0.457 e. The van der Waals surface area contributed by atoms with Crippen molar-refractivity contribution in [1.82, 2.24) is 15.3 Å². The van der Waals surface area contributed by atoms with Crippen LogP contribution in [0.2, 0.25) is 0 Å². The van der Waals surface area contributed by atoms with Gasteiger partial charge in [-0.05, 0) is 61.0 Å². The van der Waals surface area contributed by atoms with Crippen molar-refractivity contribution in [2.24, 2.45) is 0 Å². The van der Waals surface area contributed by atoms with Crippen LogP contribution < -0.4 is 15.4 Å². The minimum Gasteiger partial charge on any atom is -0.457 e. The van der Waals surface area contributed by atoms with E-state index >= 15 is 0 Å². The maximum Gasteiger partial charge on any atom is 0.141 e. The van der Waals surface area contributed by atoms with Gasteiger partial charge >= 0.3 is 0 Å². The summed E-state index contributed by atoms with van der Waals surface area (Å²) in [6.45, 7) is 4.34. The number of nitrogens with zero attached hydrogens (tertiary/aromatic N) is 2. The summed E-state index contributed by atoms with van der Waals surface area (Å²) in [7, 11) is 0. The Balaban J connectivity index is 1.38. The molecule has 164 valence electrons. The lowest BCUT2D eigenvalue weighted by atomic mass is 10.1. The number of morpholine rings is 1. The van der Waals surface area contributed by atoms with Crippen LogP contribution in [0, 0.1) is 18.8 Å². The second-order valence-electron chi connectivity index (χ2n) is 7.81. The first kappa shape index (κ1) is 21.0. The lowest BCUT2D eigenvalue weighted by molar-refractivity contribution is 0.0651. The molecule has 1 aromatic heterocycles. The quantitative estimate of drug-likeness (QED) is 0.448. The summed E-state index contributed by atoms with van der Waals surface area (Å²) in [4.78, 5) is 8.88. The Bertz CT molecular complexity index is 1320. The number of hydrogen-bond donors (Lipinski definition) is 2. The summed E-state index contributed by atoms with van der Waals surface area (Å²) in [5.74, 6) is 8.78. The van der Waals surface area contributed by atoms with Crippen molar-refractivity contribution >= 4 is 22.4 Å². The molecular weight excluding hydrogens is 412 g/mol. The Morgan fingerprint density at radius 3 is 2.79 bits per heavy atom. The minimum absolute atomic E-state index is 0.0846. The SMILES string of the molecule is Cc1cc(Nc2ncnc3ccc(C#CC4CNCCO4)cc23)ccc1Oc1ccccc1. The molecular formula is C27H24N4O2. The summed E-state index contributed by atoms with van der Waals surface area (Å²) in [5.41, 5.74) is 3.70. The van der Waals surface area contributed by atoms with Gasteiger partial charge in [0.05, 0.1) is 12.1 Å². The number of para-hydroxylation sites is 1. The average Bonchev–Trinajstić information content (AvgIpc) is 2.86. The highest BCUT2D eigenvalue weighted by Crippen LogP contribution is 2.29. The van der Waals surface area contributed by atoms with Gasteiger partial charge < -0.3 is 20.1 Å². The number of aromatic nitrogens is 2. The van der Waals surface area contributed by atoms with Crippen molar-refractivity contribution in [3.05, 3.63) is 84.2 Å². The number of ether oxygens (including phenoxy) is 2. The fourth-order valence-corrected chi connectivity index (χ4v) is 3.65. The number of rotatable bonds is 4. The van der Waals surface area contributed by atoms with Gasteiger partial charge in [-0.3, -0.25) is 0 Å². The van der Waals surface area contributed by atoms with Crippen molar-refractivity contribution in [1.29, 1.82) is 0 Å². The number of nitrogens with one attached hydrogen (secondary N) is 2. The third kappa shape index (κ3) is 5.12. The molecule has 2 heterocycles. The first-order chi connectivity index (χ1) is 16.2. The van der Waals surface area contributed by atoms with Gasteiger partial charge in [-0.1, -0.05) is 30.0 Å². The topological polar surface area (TPSA) is 68.3 Å². The van der Waals surface area contributed by atoms with Crippen LogP contribution >= 0.6 is 0 Å². The number of hydrogen-bond acceptors (Lipinski definition) is 6. The van der Waals surface area contributed by atoms with E-state index in [2.05, 4.69) is 32.4 Å². The molecule has 0 amide bonds. The highest BCUT2D eigenvalue weighted by atomic mass is 16.5. The van der Waals surface area contributed by atoms with E-state index in [1.54, 1.807) is 6.33 Å². The zero-order valence-electron chi connectivity index (χ0n) is 18.3. The Morgan fingerprint density at radius 2 is 1.97 bits per heavy atom. The monoisotopic (exact) mass is 436 g/mol. The normalized spacial score (nSPS) is 15.5. The number of benzene rings is 3. The molecule has 3 aromatic carbocycles. The van der Waals surface area contributed by atoms with Crippen molar-refractivity contribution in [2.75, 3.05) is 25.0 Å². The third-order valence-electron chi connectivity index (χ3n) is 5.35.